The van der Waals surface area contributed by atoms with Crippen LogP contribution in [0.5, 0.6) is 0 Å². The summed E-state index contributed by atoms with van der Waals surface area (Å²) < 4.78 is 11.3. The van der Waals surface area contributed by atoms with Crippen molar-refractivity contribution in [2.24, 2.45) is 0 Å². The maximum Gasteiger partial charge on any atom is 0.247 e. The van der Waals surface area contributed by atoms with E-state index < -0.39 is 0 Å². The highest BCUT2D eigenvalue weighted by Crippen LogP contribution is 2.29. The van der Waals surface area contributed by atoms with Crippen LogP contribution in [0.3, 0.4) is 0 Å². The van der Waals surface area contributed by atoms with E-state index in [-0.39, 0.29) is 5.92 Å². The van der Waals surface area contributed by atoms with Crippen LogP contribution >= 0.6 is 11.6 Å². The zero-order chi connectivity index (χ0) is 15.6. The van der Waals surface area contributed by atoms with Crippen molar-refractivity contribution in [3.8, 4) is 11.5 Å². The van der Waals surface area contributed by atoms with Gasteiger partial charge >= 0.3 is 0 Å². The molecule has 3 aromatic rings. The molecule has 118 valence electrons. The first-order valence-corrected chi connectivity index (χ1v) is 8.00. The lowest BCUT2D eigenvalue weighted by Crippen LogP contribution is -2.19. The van der Waals surface area contributed by atoms with Gasteiger partial charge in [-0.15, -0.1) is 10.2 Å². The molecule has 1 fully saturated rings. The molecule has 0 bridgehead atoms. The average molecular weight is 330 g/mol. The molecule has 0 aliphatic carbocycles. The Labute approximate surface area is 138 Å². The monoisotopic (exact) mass is 329 g/mol. The molecule has 2 aromatic heterocycles. The minimum Gasteiger partial charge on any atom is -0.468 e. The Kier molecular flexibility index (Phi) is 3.89. The van der Waals surface area contributed by atoms with E-state index in [2.05, 4.69) is 15.1 Å². The van der Waals surface area contributed by atoms with Crippen molar-refractivity contribution < 1.29 is 8.83 Å². The van der Waals surface area contributed by atoms with Crippen LogP contribution in [0.25, 0.3) is 11.5 Å². The molecule has 23 heavy (non-hydrogen) atoms. The number of hydrogen-bond acceptors (Lipinski definition) is 5. The number of nitrogens with zero attached hydrogens (tertiary/aromatic N) is 3. The number of benzene rings is 1. The predicted octanol–water partition coefficient (Wildman–Crippen LogP) is 3.97. The van der Waals surface area contributed by atoms with Gasteiger partial charge in [-0.2, -0.15) is 0 Å². The Morgan fingerprint density at radius 2 is 2.04 bits per heavy atom. The quantitative estimate of drug-likeness (QED) is 0.725. The van der Waals surface area contributed by atoms with E-state index in [1.54, 1.807) is 6.26 Å². The van der Waals surface area contributed by atoms with E-state index in [9.17, 15) is 0 Å². The van der Waals surface area contributed by atoms with Crippen LogP contribution in [-0.2, 0) is 6.54 Å². The molecule has 5 nitrogen and oxygen atoms in total. The van der Waals surface area contributed by atoms with E-state index in [0.29, 0.717) is 16.8 Å². The second-order valence-corrected chi connectivity index (χ2v) is 6.19. The lowest BCUT2D eigenvalue weighted by Gasteiger charge is -2.12. The van der Waals surface area contributed by atoms with Gasteiger partial charge in [-0.3, -0.25) is 4.90 Å². The summed E-state index contributed by atoms with van der Waals surface area (Å²) in [4.78, 5) is 2.34. The summed E-state index contributed by atoms with van der Waals surface area (Å²) in [6.07, 6.45) is 2.72. The van der Waals surface area contributed by atoms with Gasteiger partial charge in [0.25, 0.3) is 0 Å². The van der Waals surface area contributed by atoms with Crippen molar-refractivity contribution in [2.75, 3.05) is 13.1 Å². The first-order valence-electron chi connectivity index (χ1n) is 7.62. The molecule has 0 amide bonds. The summed E-state index contributed by atoms with van der Waals surface area (Å²) in [5.41, 5.74) is 0.888. The van der Waals surface area contributed by atoms with E-state index >= 15 is 0 Å². The predicted molar refractivity (Wildman–Crippen MR) is 86.1 cm³/mol. The Balaban J connectivity index is 1.44. The van der Waals surface area contributed by atoms with Gasteiger partial charge in [-0.25, -0.2) is 0 Å². The number of halogens is 1. The Hall–Kier alpha value is -2.11. The first kappa shape index (κ1) is 14.5. The highest BCUT2D eigenvalue weighted by molar-refractivity contribution is 6.30. The van der Waals surface area contributed by atoms with Gasteiger partial charge in [0.1, 0.15) is 5.76 Å². The third kappa shape index (κ3) is 3.16. The van der Waals surface area contributed by atoms with Crippen molar-refractivity contribution in [3.63, 3.8) is 0 Å². The van der Waals surface area contributed by atoms with Crippen LogP contribution in [0.2, 0.25) is 5.02 Å². The summed E-state index contributed by atoms with van der Waals surface area (Å²) in [6, 6.07) is 11.3. The molecule has 1 saturated heterocycles. The highest BCUT2D eigenvalue weighted by atomic mass is 35.5. The second kappa shape index (κ2) is 6.18. The number of furan rings is 1. The van der Waals surface area contributed by atoms with Gasteiger partial charge < -0.3 is 8.83 Å². The zero-order valence-corrected chi connectivity index (χ0v) is 13.2. The van der Waals surface area contributed by atoms with Crippen molar-refractivity contribution in [2.45, 2.75) is 18.9 Å². The van der Waals surface area contributed by atoms with Crippen LogP contribution in [0.15, 0.2) is 51.5 Å². The van der Waals surface area contributed by atoms with E-state index in [1.807, 2.05) is 36.4 Å². The molecule has 0 saturated carbocycles. The van der Waals surface area contributed by atoms with Crippen LogP contribution in [0, 0.1) is 0 Å². The molecule has 0 N–H and O–H groups in total. The normalized spacial score (nSPS) is 18.6. The number of rotatable bonds is 4. The fraction of sp³-hybridized carbons (Fsp3) is 0.294. The minimum absolute atomic E-state index is 0.276. The topological polar surface area (TPSA) is 55.3 Å². The third-order valence-electron chi connectivity index (χ3n) is 4.11. The van der Waals surface area contributed by atoms with Gasteiger partial charge in [-0.1, -0.05) is 11.6 Å². The summed E-state index contributed by atoms with van der Waals surface area (Å²) in [5, 5.41) is 9.09. The average Bonchev–Trinajstić information content (AvgIpc) is 3.29. The summed E-state index contributed by atoms with van der Waals surface area (Å²) in [7, 11) is 0. The van der Waals surface area contributed by atoms with Crippen LogP contribution < -0.4 is 0 Å². The molecule has 3 heterocycles. The molecule has 6 heteroatoms. The van der Waals surface area contributed by atoms with Crippen molar-refractivity contribution in [1.29, 1.82) is 0 Å². The van der Waals surface area contributed by atoms with Gasteiger partial charge in [0.2, 0.25) is 11.8 Å². The Morgan fingerprint density at radius 3 is 2.83 bits per heavy atom. The van der Waals surface area contributed by atoms with Crippen molar-refractivity contribution in [3.05, 3.63) is 59.3 Å². The molecular formula is C17H16ClN3O2. The molecule has 1 aliphatic heterocycles. The van der Waals surface area contributed by atoms with E-state index in [4.69, 9.17) is 20.4 Å². The summed E-state index contributed by atoms with van der Waals surface area (Å²) >= 11 is 5.90. The first-order chi connectivity index (χ1) is 11.3. The molecular weight excluding hydrogens is 314 g/mol. The third-order valence-corrected chi connectivity index (χ3v) is 4.36. The minimum atomic E-state index is 0.276. The van der Waals surface area contributed by atoms with Gasteiger partial charge in [0, 0.05) is 17.1 Å². The maximum absolute atomic E-state index is 5.90. The van der Waals surface area contributed by atoms with E-state index in [0.717, 1.165) is 37.4 Å². The lowest BCUT2D eigenvalue weighted by atomic mass is 10.1. The van der Waals surface area contributed by atoms with Crippen LogP contribution in [0.1, 0.15) is 24.0 Å². The lowest BCUT2D eigenvalue weighted by molar-refractivity contribution is 0.290. The van der Waals surface area contributed by atoms with Crippen molar-refractivity contribution in [1.82, 2.24) is 15.1 Å². The second-order valence-electron chi connectivity index (χ2n) is 5.75. The van der Waals surface area contributed by atoms with E-state index in [1.165, 1.54) is 0 Å². The smallest absolute Gasteiger partial charge is 0.247 e. The number of hydrogen-bond donors (Lipinski definition) is 0. The summed E-state index contributed by atoms with van der Waals surface area (Å²) in [5.74, 6) is 2.51. The van der Waals surface area contributed by atoms with Gasteiger partial charge in [0.05, 0.1) is 18.7 Å². The van der Waals surface area contributed by atoms with Gasteiger partial charge in [-0.05, 0) is 49.4 Å². The van der Waals surface area contributed by atoms with Gasteiger partial charge in [0.15, 0.2) is 0 Å². The molecule has 1 aromatic carbocycles. The SMILES string of the molecule is Clc1ccc(-c2nnc(C3CCN(Cc4ccco4)C3)o2)cc1. The van der Waals surface area contributed by atoms with Crippen LogP contribution in [0.4, 0.5) is 0 Å². The fourth-order valence-corrected chi connectivity index (χ4v) is 3.04. The largest absolute Gasteiger partial charge is 0.468 e. The fourth-order valence-electron chi connectivity index (χ4n) is 2.91. The number of likely N-dealkylation sites (tertiary alicyclic amines) is 1. The molecule has 1 atom stereocenters. The summed E-state index contributed by atoms with van der Waals surface area (Å²) in [6.45, 7) is 2.73. The molecule has 0 spiro atoms. The maximum atomic E-state index is 5.90. The molecule has 4 rings (SSSR count). The zero-order valence-electron chi connectivity index (χ0n) is 12.5. The Morgan fingerprint density at radius 1 is 1.17 bits per heavy atom. The molecule has 1 unspecified atom stereocenters. The molecule has 0 radical (unpaired) electrons. The standard InChI is InChI=1S/C17H16ClN3O2/c18-14-5-3-12(4-6-14)16-19-20-17(23-16)13-7-8-21(10-13)11-15-2-1-9-22-15/h1-6,9,13H,7-8,10-11H2. The Bertz CT molecular complexity index is 768. The van der Waals surface area contributed by atoms with Crippen LogP contribution in [-0.4, -0.2) is 28.2 Å². The van der Waals surface area contributed by atoms with Crippen molar-refractivity contribution >= 4 is 11.6 Å². The highest BCUT2D eigenvalue weighted by Gasteiger charge is 2.28. The number of aromatic nitrogens is 2. The molecule has 1 aliphatic rings.